The highest BCUT2D eigenvalue weighted by atomic mass is 35.5. The molecule has 3 N–H and O–H groups in total. The maximum absolute atomic E-state index is 5.85. The van der Waals surface area contributed by atoms with Crippen molar-refractivity contribution in [2.45, 2.75) is 13.0 Å². The lowest BCUT2D eigenvalue weighted by Crippen LogP contribution is -2.44. The van der Waals surface area contributed by atoms with Crippen LogP contribution in [0.3, 0.4) is 0 Å². The van der Waals surface area contributed by atoms with Gasteiger partial charge in [-0.25, -0.2) is 9.97 Å². The van der Waals surface area contributed by atoms with Crippen LogP contribution in [-0.2, 0) is 6.54 Å². The molecule has 0 atom stereocenters. The Hall–Kier alpha value is -0.950. The third-order valence-electron chi connectivity index (χ3n) is 3.51. The van der Waals surface area contributed by atoms with Gasteiger partial charge in [0.1, 0.15) is 5.82 Å². The second-order valence-electron chi connectivity index (χ2n) is 5.14. The summed E-state index contributed by atoms with van der Waals surface area (Å²) in [6.07, 6.45) is 1.09. The summed E-state index contributed by atoms with van der Waals surface area (Å²) in [5.74, 6) is 0.754. The number of hydrogen-bond donors (Lipinski definition) is 2. The van der Waals surface area contributed by atoms with E-state index < -0.39 is 0 Å². The standard InChI is InChI=1S/C13H23ClN6/c1-19-5-7-20(8-6-19)4-2-3-16-12-9-11(10-15)17-13(14)18-12/h9H,2-8,10,15H2,1H3,(H,16,17,18). The Morgan fingerprint density at radius 2 is 2.05 bits per heavy atom. The van der Waals surface area contributed by atoms with Gasteiger partial charge in [-0.2, -0.15) is 0 Å². The summed E-state index contributed by atoms with van der Waals surface area (Å²) >= 11 is 5.85. The van der Waals surface area contributed by atoms with Crippen LogP contribution in [0.2, 0.25) is 5.28 Å². The fourth-order valence-electron chi connectivity index (χ4n) is 2.25. The highest BCUT2D eigenvalue weighted by molar-refractivity contribution is 6.28. The van der Waals surface area contributed by atoms with E-state index in [0.29, 0.717) is 6.54 Å². The molecule has 2 rings (SSSR count). The lowest BCUT2D eigenvalue weighted by molar-refractivity contribution is 0.154. The van der Waals surface area contributed by atoms with Crippen LogP contribution in [0.15, 0.2) is 6.07 Å². The highest BCUT2D eigenvalue weighted by Gasteiger charge is 2.12. The third kappa shape index (κ3) is 4.86. The van der Waals surface area contributed by atoms with Crippen LogP contribution < -0.4 is 11.1 Å². The van der Waals surface area contributed by atoms with Gasteiger partial charge in [-0.15, -0.1) is 0 Å². The summed E-state index contributed by atoms with van der Waals surface area (Å²) in [6.45, 7) is 7.01. The van der Waals surface area contributed by atoms with Crippen LogP contribution in [0.25, 0.3) is 0 Å². The summed E-state index contributed by atoms with van der Waals surface area (Å²) < 4.78 is 0. The van der Waals surface area contributed by atoms with Crippen molar-refractivity contribution in [1.82, 2.24) is 19.8 Å². The van der Waals surface area contributed by atoms with Crippen molar-refractivity contribution < 1.29 is 0 Å². The number of nitrogens with one attached hydrogen (secondary N) is 1. The van der Waals surface area contributed by atoms with Gasteiger partial charge in [0.2, 0.25) is 5.28 Å². The predicted octanol–water partition coefficient (Wildman–Crippen LogP) is 0.638. The minimum absolute atomic E-state index is 0.245. The fourth-order valence-corrected chi connectivity index (χ4v) is 2.45. The van der Waals surface area contributed by atoms with Gasteiger partial charge in [0.15, 0.2) is 0 Å². The number of halogens is 1. The Bertz CT molecular complexity index is 419. The van der Waals surface area contributed by atoms with E-state index >= 15 is 0 Å². The maximum atomic E-state index is 5.85. The van der Waals surface area contributed by atoms with Crippen LogP contribution in [0.5, 0.6) is 0 Å². The van der Waals surface area contributed by atoms with Crippen LogP contribution in [0.1, 0.15) is 12.1 Å². The quantitative estimate of drug-likeness (QED) is 0.593. The lowest BCUT2D eigenvalue weighted by atomic mass is 10.3. The van der Waals surface area contributed by atoms with Crippen LogP contribution in [-0.4, -0.2) is 66.1 Å². The monoisotopic (exact) mass is 298 g/mol. The van der Waals surface area contributed by atoms with Crippen molar-refractivity contribution >= 4 is 17.4 Å². The third-order valence-corrected chi connectivity index (χ3v) is 3.68. The molecule has 7 heteroatoms. The summed E-state index contributed by atoms with van der Waals surface area (Å²) in [4.78, 5) is 13.0. The SMILES string of the molecule is CN1CCN(CCCNc2cc(CN)nc(Cl)n2)CC1. The molecule has 20 heavy (non-hydrogen) atoms. The van der Waals surface area contributed by atoms with Gasteiger partial charge < -0.3 is 20.9 Å². The number of likely N-dealkylation sites (N-methyl/N-ethyl adjacent to an activating group) is 1. The van der Waals surface area contributed by atoms with Gasteiger partial charge in [0, 0.05) is 45.3 Å². The minimum atomic E-state index is 0.245. The zero-order valence-electron chi connectivity index (χ0n) is 12.0. The first-order chi connectivity index (χ1) is 9.67. The molecule has 1 aliphatic rings. The molecule has 0 aliphatic carbocycles. The van der Waals surface area contributed by atoms with E-state index in [-0.39, 0.29) is 5.28 Å². The number of aromatic nitrogens is 2. The summed E-state index contributed by atoms with van der Waals surface area (Å²) in [5, 5.41) is 3.53. The number of nitrogens with zero attached hydrogens (tertiary/aromatic N) is 4. The fraction of sp³-hybridized carbons (Fsp3) is 0.692. The highest BCUT2D eigenvalue weighted by Crippen LogP contribution is 2.10. The molecular weight excluding hydrogens is 276 g/mol. The second kappa shape index (κ2) is 7.73. The summed E-state index contributed by atoms with van der Waals surface area (Å²) in [6, 6.07) is 1.85. The molecule has 112 valence electrons. The minimum Gasteiger partial charge on any atom is -0.370 e. The second-order valence-corrected chi connectivity index (χ2v) is 5.48. The Balaban J connectivity index is 1.69. The smallest absolute Gasteiger partial charge is 0.224 e. The Morgan fingerprint density at radius 1 is 1.30 bits per heavy atom. The molecule has 1 fully saturated rings. The van der Waals surface area contributed by atoms with Crippen molar-refractivity contribution in [2.75, 3.05) is 51.6 Å². The summed E-state index contributed by atoms with van der Waals surface area (Å²) in [5.41, 5.74) is 6.32. The maximum Gasteiger partial charge on any atom is 0.224 e. The van der Waals surface area contributed by atoms with Crippen molar-refractivity contribution in [3.63, 3.8) is 0 Å². The van der Waals surface area contributed by atoms with Crippen LogP contribution in [0.4, 0.5) is 5.82 Å². The van der Waals surface area contributed by atoms with E-state index in [1.165, 1.54) is 0 Å². The summed E-state index contributed by atoms with van der Waals surface area (Å²) in [7, 11) is 2.17. The zero-order valence-corrected chi connectivity index (χ0v) is 12.7. The molecular formula is C13H23ClN6. The molecule has 0 saturated carbocycles. The number of hydrogen-bond acceptors (Lipinski definition) is 6. The molecule has 0 unspecified atom stereocenters. The topological polar surface area (TPSA) is 70.3 Å². The average molecular weight is 299 g/mol. The van der Waals surface area contributed by atoms with Gasteiger partial charge in [-0.05, 0) is 31.6 Å². The van der Waals surface area contributed by atoms with Crippen molar-refractivity contribution in [3.8, 4) is 0 Å². The van der Waals surface area contributed by atoms with E-state index in [2.05, 4.69) is 32.1 Å². The molecule has 0 bridgehead atoms. The van der Waals surface area contributed by atoms with Crippen molar-refractivity contribution in [2.24, 2.45) is 5.73 Å². The van der Waals surface area contributed by atoms with E-state index in [4.69, 9.17) is 17.3 Å². The molecule has 0 aromatic carbocycles. The van der Waals surface area contributed by atoms with Gasteiger partial charge in [0.05, 0.1) is 5.69 Å². The molecule has 1 aromatic heterocycles. The molecule has 0 spiro atoms. The molecule has 1 saturated heterocycles. The largest absolute Gasteiger partial charge is 0.370 e. The molecule has 2 heterocycles. The number of rotatable bonds is 6. The molecule has 6 nitrogen and oxygen atoms in total. The first-order valence-corrected chi connectivity index (χ1v) is 7.43. The molecule has 1 aromatic rings. The Kier molecular flexibility index (Phi) is 5.97. The number of anilines is 1. The van der Waals surface area contributed by atoms with Gasteiger partial charge in [-0.1, -0.05) is 0 Å². The number of nitrogens with two attached hydrogens (primary N) is 1. The molecule has 0 amide bonds. The van der Waals surface area contributed by atoms with E-state index in [0.717, 1.165) is 57.2 Å². The zero-order chi connectivity index (χ0) is 14.4. The van der Waals surface area contributed by atoms with E-state index in [9.17, 15) is 0 Å². The first kappa shape index (κ1) is 15.4. The lowest BCUT2D eigenvalue weighted by Gasteiger charge is -2.32. The van der Waals surface area contributed by atoms with E-state index in [1.807, 2.05) is 6.07 Å². The predicted molar refractivity (Wildman–Crippen MR) is 82.0 cm³/mol. The van der Waals surface area contributed by atoms with Gasteiger partial charge >= 0.3 is 0 Å². The van der Waals surface area contributed by atoms with Gasteiger partial charge in [-0.3, -0.25) is 0 Å². The van der Waals surface area contributed by atoms with Crippen molar-refractivity contribution in [1.29, 1.82) is 0 Å². The van der Waals surface area contributed by atoms with Crippen LogP contribution >= 0.6 is 11.6 Å². The van der Waals surface area contributed by atoms with Crippen LogP contribution in [0, 0.1) is 0 Å². The van der Waals surface area contributed by atoms with Gasteiger partial charge in [0.25, 0.3) is 0 Å². The van der Waals surface area contributed by atoms with Crippen molar-refractivity contribution in [3.05, 3.63) is 17.0 Å². The van der Waals surface area contributed by atoms with E-state index in [1.54, 1.807) is 0 Å². The number of piperazine rings is 1. The first-order valence-electron chi connectivity index (χ1n) is 7.05. The average Bonchev–Trinajstić information content (AvgIpc) is 2.45. The molecule has 0 radical (unpaired) electrons. The Morgan fingerprint density at radius 3 is 2.75 bits per heavy atom. The normalized spacial score (nSPS) is 17.4. The molecule has 1 aliphatic heterocycles. The Labute approximate surface area is 125 Å².